The Morgan fingerprint density at radius 2 is 2.04 bits per heavy atom. The first-order valence-electron chi connectivity index (χ1n) is 9.98. The standard InChI is InChI=1S/C21H30N2O4/c1-16(27-15-19-5-2-3-12-26-19)21(25)22-13-17-7-9-18(10-8-17)14-23-11-4-6-20(23)24/h7-10,16,19H,2-6,11-15H2,1H3,(H,22,25). The van der Waals surface area contributed by atoms with Gasteiger partial charge < -0.3 is 19.7 Å². The Hall–Kier alpha value is -1.92. The Labute approximate surface area is 161 Å². The Kier molecular flexibility index (Phi) is 7.24. The van der Waals surface area contributed by atoms with Crippen LogP contribution in [0.3, 0.4) is 0 Å². The predicted octanol–water partition coefficient (Wildman–Crippen LogP) is 2.40. The van der Waals surface area contributed by atoms with Gasteiger partial charge in [0.15, 0.2) is 0 Å². The van der Waals surface area contributed by atoms with Gasteiger partial charge in [0.2, 0.25) is 11.8 Å². The molecule has 2 aliphatic heterocycles. The molecule has 2 heterocycles. The third-order valence-electron chi connectivity index (χ3n) is 5.21. The zero-order valence-electron chi connectivity index (χ0n) is 16.1. The highest BCUT2D eigenvalue weighted by Crippen LogP contribution is 2.15. The van der Waals surface area contributed by atoms with Crippen molar-refractivity contribution in [3.05, 3.63) is 35.4 Å². The summed E-state index contributed by atoms with van der Waals surface area (Å²) in [5.41, 5.74) is 2.15. The van der Waals surface area contributed by atoms with Crippen molar-refractivity contribution in [3.8, 4) is 0 Å². The highest BCUT2D eigenvalue weighted by atomic mass is 16.5. The fourth-order valence-electron chi connectivity index (χ4n) is 3.45. The number of ether oxygens (including phenoxy) is 2. The fourth-order valence-corrected chi connectivity index (χ4v) is 3.45. The quantitative estimate of drug-likeness (QED) is 0.759. The van der Waals surface area contributed by atoms with Crippen LogP contribution < -0.4 is 5.32 Å². The molecular formula is C21H30N2O4. The van der Waals surface area contributed by atoms with E-state index in [1.807, 2.05) is 29.2 Å². The van der Waals surface area contributed by atoms with Crippen LogP contribution in [0.1, 0.15) is 50.2 Å². The van der Waals surface area contributed by atoms with E-state index in [0.717, 1.165) is 50.0 Å². The van der Waals surface area contributed by atoms with Crippen LogP contribution in [-0.2, 0) is 32.2 Å². The third kappa shape index (κ3) is 6.04. The summed E-state index contributed by atoms with van der Waals surface area (Å²) in [6, 6.07) is 8.04. The molecule has 0 spiro atoms. The van der Waals surface area contributed by atoms with E-state index in [1.54, 1.807) is 6.92 Å². The highest BCUT2D eigenvalue weighted by molar-refractivity contribution is 5.80. The Morgan fingerprint density at radius 1 is 1.26 bits per heavy atom. The van der Waals surface area contributed by atoms with E-state index >= 15 is 0 Å². The molecule has 3 rings (SSSR count). The van der Waals surface area contributed by atoms with Crippen LogP contribution in [0.4, 0.5) is 0 Å². The van der Waals surface area contributed by atoms with Crippen molar-refractivity contribution in [1.82, 2.24) is 10.2 Å². The lowest BCUT2D eigenvalue weighted by Gasteiger charge is -2.23. The zero-order valence-corrected chi connectivity index (χ0v) is 16.1. The summed E-state index contributed by atoms with van der Waals surface area (Å²) in [7, 11) is 0. The molecule has 0 saturated carbocycles. The van der Waals surface area contributed by atoms with Gasteiger partial charge in [-0.05, 0) is 43.7 Å². The minimum absolute atomic E-state index is 0.113. The minimum Gasteiger partial charge on any atom is -0.376 e. The number of benzene rings is 1. The number of hydrogen-bond donors (Lipinski definition) is 1. The first-order valence-corrected chi connectivity index (χ1v) is 9.98. The fraction of sp³-hybridized carbons (Fsp3) is 0.619. The normalized spacial score (nSPS) is 21.3. The Balaban J connectivity index is 1.38. The lowest BCUT2D eigenvalue weighted by molar-refractivity contribution is -0.135. The molecule has 2 saturated heterocycles. The van der Waals surface area contributed by atoms with Gasteiger partial charge >= 0.3 is 0 Å². The summed E-state index contributed by atoms with van der Waals surface area (Å²) >= 11 is 0. The van der Waals surface area contributed by atoms with E-state index in [2.05, 4.69) is 5.32 Å². The SMILES string of the molecule is CC(OCC1CCCCO1)C(=O)NCc1ccc(CN2CCCC2=O)cc1. The molecule has 0 aliphatic carbocycles. The molecule has 6 heteroatoms. The van der Waals surface area contributed by atoms with Gasteiger partial charge in [-0.25, -0.2) is 0 Å². The number of nitrogens with zero attached hydrogens (tertiary/aromatic N) is 1. The summed E-state index contributed by atoms with van der Waals surface area (Å²) in [5, 5.41) is 2.92. The van der Waals surface area contributed by atoms with Crippen LogP contribution in [0.25, 0.3) is 0 Å². The molecule has 6 nitrogen and oxygen atoms in total. The Morgan fingerprint density at radius 3 is 2.70 bits per heavy atom. The first-order chi connectivity index (χ1) is 13.1. The molecule has 2 fully saturated rings. The first kappa shape index (κ1) is 19.8. The van der Waals surface area contributed by atoms with Gasteiger partial charge in [-0.15, -0.1) is 0 Å². The molecular weight excluding hydrogens is 344 g/mol. The van der Waals surface area contributed by atoms with E-state index in [0.29, 0.717) is 26.1 Å². The lowest BCUT2D eigenvalue weighted by atomic mass is 10.1. The second kappa shape index (κ2) is 9.85. The van der Waals surface area contributed by atoms with Crippen LogP contribution in [-0.4, -0.2) is 48.7 Å². The summed E-state index contributed by atoms with van der Waals surface area (Å²) in [4.78, 5) is 25.8. The van der Waals surface area contributed by atoms with Gasteiger partial charge in [-0.2, -0.15) is 0 Å². The maximum absolute atomic E-state index is 12.2. The number of hydrogen-bond acceptors (Lipinski definition) is 4. The zero-order chi connectivity index (χ0) is 19.1. The van der Waals surface area contributed by atoms with Crippen LogP contribution >= 0.6 is 0 Å². The van der Waals surface area contributed by atoms with Gasteiger partial charge in [0.25, 0.3) is 0 Å². The van der Waals surface area contributed by atoms with Crippen LogP contribution in [0, 0.1) is 0 Å². The molecule has 1 N–H and O–H groups in total. The summed E-state index contributed by atoms with van der Waals surface area (Å²) in [5.74, 6) is 0.122. The monoisotopic (exact) mass is 374 g/mol. The van der Waals surface area contributed by atoms with Crippen molar-refractivity contribution >= 4 is 11.8 Å². The molecule has 0 radical (unpaired) electrons. The number of rotatable bonds is 8. The summed E-state index contributed by atoms with van der Waals surface area (Å²) < 4.78 is 11.3. The Bertz CT molecular complexity index is 626. The smallest absolute Gasteiger partial charge is 0.249 e. The van der Waals surface area contributed by atoms with Crippen LogP contribution in [0.2, 0.25) is 0 Å². The topological polar surface area (TPSA) is 67.9 Å². The van der Waals surface area contributed by atoms with Crippen molar-refractivity contribution in [2.45, 2.75) is 64.3 Å². The molecule has 2 aliphatic rings. The number of carbonyl (C=O) groups excluding carboxylic acids is 2. The maximum Gasteiger partial charge on any atom is 0.249 e. The molecule has 2 atom stereocenters. The molecule has 148 valence electrons. The van der Waals surface area contributed by atoms with Gasteiger partial charge in [-0.1, -0.05) is 24.3 Å². The number of nitrogens with one attached hydrogen (secondary N) is 1. The van der Waals surface area contributed by atoms with Crippen molar-refractivity contribution in [1.29, 1.82) is 0 Å². The molecule has 0 bridgehead atoms. The second-order valence-corrected chi connectivity index (χ2v) is 7.42. The molecule has 2 amide bonds. The molecule has 1 aromatic rings. The molecule has 1 aromatic carbocycles. The van der Waals surface area contributed by atoms with E-state index in [1.165, 1.54) is 0 Å². The number of likely N-dealkylation sites (tertiary alicyclic amines) is 1. The van der Waals surface area contributed by atoms with Crippen molar-refractivity contribution in [2.75, 3.05) is 19.8 Å². The van der Waals surface area contributed by atoms with Crippen LogP contribution in [0.5, 0.6) is 0 Å². The summed E-state index contributed by atoms with van der Waals surface area (Å²) in [6.45, 7) is 5.01. The van der Waals surface area contributed by atoms with E-state index in [4.69, 9.17) is 9.47 Å². The largest absolute Gasteiger partial charge is 0.376 e. The minimum atomic E-state index is -0.490. The molecule has 0 aromatic heterocycles. The van der Waals surface area contributed by atoms with E-state index < -0.39 is 6.10 Å². The van der Waals surface area contributed by atoms with Crippen molar-refractivity contribution in [3.63, 3.8) is 0 Å². The van der Waals surface area contributed by atoms with Crippen LogP contribution in [0.15, 0.2) is 24.3 Å². The second-order valence-electron chi connectivity index (χ2n) is 7.42. The third-order valence-corrected chi connectivity index (χ3v) is 5.21. The molecule has 2 unspecified atom stereocenters. The summed E-state index contributed by atoms with van der Waals surface area (Å²) in [6.07, 6.45) is 4.52. The lowest BCUT2D eigenvalue weighted by Crippen LogP contribution is -2.36. The molecule has 27 heavy (non-hydrogen) atoms. The number of carbonyl (C=O) groups is 2. The average Bonchev–Trinajstić information content (AvgIpc) is 3.10. The number of amides is 2. The van der Waals surface area contributed by atoms with E-state index in [-0.39, 0.29) is 17.9 Å². The average molecular weight is 374 g/mol. The van der Waals surface area contributed by atoms with Crippen molar-refractivity contribution in [2.24, 2.45) is 0 Å². The van der Waals surface area contributed by atoms with Gasteiger partial charge in [0.1, 0.15) is 6.10 Å². The van der Waals surface area contributed by atoms with E-state index in [9.17, 15) is 9.59 Å². The predicted molar refractivity (Wildman–Crippen MR) is 102 cm³/mol. The van der Waals surface area contributed by atoms with Gasteiger partial charge in [-0.3, -0.25) is 9.59 Å². The maximum atomic E-state index is 12.2. The highest BCUT2D eigenvalue weighted by Gasteiger charge is 2.20. The van der Waals surface area contributed by atoms with Gasteiger partial charge in [0, 0.05) is 32.7 Å². The van der Waals surface area contributed by atoms with Gasteiger partial charge in [0.05, 0.1) is 12.7 Å². The van der Waals surface area contributed by atoms with Crippen molar-refractivity contribution < 1.29 is 19.1 Å².